The van der Waals surface area contributed by atoms with Crippen molar-refractivity contribution in [1.29, 1.82) is 0 Å². The molecule has 0 aliphatic carbocycles. The van der Waals surface area contributed by atoms with E-state index < -0.39 is 5.82 Å². The van der Waals surface area contributed by atoms with E-state index in [0.717, 1.165) is 6.42 Å². The second-order valence-corrected chi connectivity index (χ2v) is 4.90. The lowest BCUT2D eigenvalue weighted by Gasteiger charge is -2.13. The minimum atomic E-state index is -0.490. The van der Waals surface area contributed by atoms with E-state index in [1.54, 1.807) is 0 Å². The molecule has 0 aromatic heterocycles. The van der Waals surface area contributed by atoms with E-state index in [1.807, 2.05) is 6.92 Å². The Bertz CT molecular complexity index is 423. The van der Waals surface area contributed by atoms with E-state index in [0.29, 0.717) is 30.6 Å². The highest BCUT2D eigenvalue weighted by atomic mass is 35.5. The lowest BCUT2D eigenvalue weighted by Crippen LogP contribution is -2.30. The summed E-state index contributed by atoms with van der Waals surface area (Å²) in [5.74, 6) is -0.490. The molecular formula is C12H15Cl2FN2OS. The summed E-state index contributed by atoms with van der Waals surface area (Å²) < 4.78 is 18.2. The Morgan fingerprint density at radius 1 is 1.37 bits per heavy atom. The first kappa shape index (κ1) is 16.4. The highest BCUT2D eigenvalue weighted by molar-refractivity contribution is 7.80. The molecule has 0 amide bonds. The maximum atomic E-state index is 13.0. The van der Waals surface area contributed by atoms with Crippen LogP contribution in [0, 0.1) is 5.82 Å². The van der Waals surface area contributed by atoms with Crippen molar-refractivity contribution in [3.05, 3.63) is 28.0 Å². The molecule has 3 nitrogen and oxygen atoms in total. The van der Waals surface area contributed by atoms with E-state index in [4.69, 9.17) is 40.2 Å². The Hall–Kier alpha value is -0.620. The number of rotatable bonds is 6. The third kappa shape index (κ3) is 5.91. The molecule has 0 atom stereocenters. The highest BCUT2D eigenvalue weighted by Gasteiger charge is 2.09. The fraction of sp³-hybridized carbons (Fsp3) is 0.417. The maximum absolute atomic E-state index is 13.0. The molecule has 0 radical (unpaired) electrons. The van der Waals surface area contributed by atoms with Gasteiger partial charge in [0.2, 0.25) is 0 Å². The molecule has 1 rings (SSSR count). The number of halogens is 3. The van der Waals surface area contributed by atoms with Crippen LogP contribution in [0.15, 0.2) is 12.1 Å². The van der Waals surface area contributed by atoms with Gasteiger partial charge in [-0.25, -0.2) is 4.39 Å². The third-order valence-corrected chi connectivity index (χ3v) is 3.04. The van der Waals surface area contributed by atoms with Crippen molar-refractivity contribution >= 4 is 46.2 Å². The fourth-order valence-electron chi connectivity index (χ4n) is 1.34. The Balaban J connectivity index is 2.44. The Kier molecular flexibility index (Phi) is 7.38. The van der Waals surface area contributed by atoms with Crippen LogP contribution in [-0.2, 0) is 4.74 Å². The first-order valence-electron chi connectivity index (χ1n) is 5.81. The Morgan fingerprint density at radius 3 is 2.58 bits per heavy atom. The van der Waals surface area contributed by atoms with Gasteiger partial charge < -0.3 is 15.4 Å². The number of thiocarbonyl (C=S) groups is 1. The molecule has 0 saturated carbocycles. The van der Waals surface area contributed by atoms with Crippen LogP contribution in [0.25, 0.3) is 0 Å². The molecule has 19 heavy (non-hydrogen) atoms. The molecule has 0 aliphatic heterocycles. The molecule has 0 spiro atoms. The predicted molar refractivity (Wildman–Crippen MR) is 81.8 cm³/mol. The molecule has 0 bridgehead atoms. The van der Waals surface area contributed by atoms with E-state index >= 15 is 0 Å². The monoisotopic (exact) mass is 324 g/mol. The lowest BCUT2D eigenvalue weighted by atomic mass is 10.3. The Morgan fingerprint density at radius 2 is 2.00 bits per heavy atom. The van der Waals surface area contributed by atoms with Gasteiger partial charge in [0, 0.05) is 19.8 Å². The average Bonchev–Trinajstić information content (AvgIpc) is 2.33. The number of ether oxygens (including phenoxy) is 1. The van der Waals surface area contributed by atoms with Gasteiger partial charge in [-0.05, 0) is 37.7 Å². The summed E-state index contributed by atoms with van der Waals surface area (Å²) in [6.45, 7) is 3.98. The zero-order chi connectivity index (χ0) is 14.3. The number of hydrogen-bond donors (Lipinski definition) is 2. The van der Waals surface area contributed by atoms with Gasteiger partial charge in [0.15, 0.2) is 5.11 Å². The van der Waals surface area contributed by atoms with Crippen molar-refractivity contribution in [2.75, 3.05) is 25.1 Å². The van der Waals surface area contributed by atoms with Crippen LogP contribution in [0.5, 0.6) is 0 Å². The molecular weight excluding hydrogens is 310 g/mol. The minimum Gasteiger partial charge on any atom is -0.382 e. The van der Waals surface area contributed by atoms with Gasteiger partial charge in [0.25, 0.3) is 0 Å². The molecule has 2 N–H and O–H groups in total. The second kappa shape index (κ2) is 8.53. The van der Waals surface area contributed by atoms with Gasteiger partial charge in [-0.3, -0.25) is 0 Å². The molecule has 0 fully saturated rings. The SMILES string of the molecule is CCOCCCNC(=S)Nc1c(Cl)cc(F)cc1Cl. The summed E-state index contributed by atoms with van der Waals surface area (Å²) in [6.07, 6.45) is 0.834. The van der Waals surface area contributed by atoms with E-state index in [2.05, 4.69) is 10.6 Å². The van der Waals surface area contributed by atoms with Gasteiger partial charge in [-0.15, -0.1) is 0 Å². The molecule has 106 valence electrons. The first-order chi connectivity index (χ1) is 9.04. The topological polar surface area (TPSA) is 33.3 Å². The molecule has 0 saturated heterocycles. The van der Waals surface area contributed by atoms with Crippen LogP contribution in [0.2, 0.25) is 10.0 Å². The van der Waals surface area contributed by atoms with Gasteiger partial charge in [-0.2, -0.15) is 0 Å². The van der Waals surface area contributed by atoms with Crippen LogP contribution in [0.3, 0.4) is 0 Å². The summed E-state index contributed by atoms with van der Waals surface area (Å²) in [6, 6.07) is 2.35. The predicted octanol–water partition coefficient (Wildman–Crippen LogP) is 3.85. The molecule has 1 aromatic rings. The number of nitrogens with one attached hydrogen (secondary N) is 2. The van der Waals surface area contributed by atoms with Crippen molar-refractivity contribution < 1.29 is 9.13 Å². The molecule has 7 heteroatoms. The van der Waals surface area contributed by atoms with Gasteiger partial charge in [-0.1, -0.05) is 23.2 Å². The van der Waals surface area contributed by atoms with Crippen LogP contribution in [0.1, 0.15) is 13.3 Å². The summed E-state index contributed by atoms with van der Waals surface area (Å²) in [5, 5.41) is 6.58. The van der Waals surface area contributed by atoms with Gasteiger partial charge in [0.1, 0.15) is 5.82 Å². The zero-order valence-electron chi connectivity index (χ0n) is 10.4. The van der Waals surface area contributed by atoms with Crippen molar-refractivity contribution in [3.63, 3.8) is 0 Å². The number of anilines is 1. The largest absolute Gasteiger partial charge is 0.382 e. The summed E-state index contributed by atoms with van der Waals surface area (Å²) >= 11 is 16.9. The van der Waals surface area contributed by atoms with Crippen LogP contribution in [0.4, 0.5) is 10.1 Å². The van der Waals surface area contributed by atoms with Crippen molar-refractivity contribution in [3.8, 4) is 0 Å². The van der Waals surface area contributed by atoms with Crippen LogP contribution >= 0.6 is 35.4 Å². The smallest absolute Gasteiger partial charge is 0.170 e. The van der Waals surface area contributed by atoms with Crippen LogP contribution in [-0.4, -0.2) is 24.9 Å². The van der Waals surface area contributed by atoms with Crippen molar-refractivity contribution in [2.24, 2.45) is 0 Å². The summed E-state index contributed by atoms with van der Waals surface area (Å²) in [5.41, 5.74) is 0.395. The Labute approximate surface area is 127 Å². The second-order valence-electron chi connectivity index (χ2n) is 3.68. The molecule has 1 aromatic carbocycles. The molecule has 0 aliphatic rings. The fourth-order valence-corrected chi connectivity index (χ4v) is 2.10. The molecule has 0 heterocycles. The summed E-state index contributed by atoms with van der Waals surface area (Å²) in [4.78, 5) is 0. The third-order valence-electron chi connectivity index (χ3n) is 2.20. The summed E-state index contributed by atoms with van der Waals surface area (Å²) in [7, 11) is 0. The van der Waals surface area contributed by atoms with E-state index in [1.165, 1.54) is 12.1 Å². The van der Waals surface area contributed by atoms with Crippen LogP contribution < -0.4 is 10.6 Å². The van der Waals surface area contributed by atoms with E-state index in [9.17, 15) is 4.39 Å². The normalized spacial score (nSPS) is 10.3. The standard InChI is InChI=1S/C12H15Cl2FN2OS/c1-2-18-5-3-4-16-12(19)17-11-9(13)6-8(15)7-10(11)14/h6-7H,2-5H2,1H3,(H2,16,17,19). The van der Waals surface area contributed by atoms with E-state index in [-0.39, 0.29) is 10.0 Å². The molecule has 0 unspecified atom stereocenters. The number of hydrogen-bond acceptors (Lipinski definition) is 2. The van der Waals surface area contributed by atoms with Crippen molar-refractivity contribution in [2.45, 2.75) is 13.3 Å². The highest BCUT2D eigenvalue weighted by Crippen LogP contribution is 2.31. The maximum Gasteiger partial charge on any atom is 0.170 e. The van der Waals surface area contributed by atoms with Gasteiger partial charge in [0.05, 0.1) is 15.7 Å². The minimum absolute atomic E-state index is 0.184. The lowest BCUT2D eigenvalue weighted by molar-refractivity contribution is 0.146. The number of benzene rings is 1. The quantitative estimate of drug-likeness (QED) is 0.615. The first-order valence-corrected chi connectivity index (χ1v) is 6.98. The average molecular weight is 325 g/mol. The zero-order valence-corrected chi connectivity index (χ0v) is 12.8. The van der Waals surface area contributed by atoms with Crippen molar-refractivity contribution in [1.82, 2.24) is 5.32 Å². The van der Waals surface area contributed by atoms with Gasteiger partial charge >= 0.3 is 0 Å².